The van der Waals surface area contributed by atoms with Crippen LogP contribution in [0.2, 0.25) is 0 Å². The number of aryl methyl sites for hydroxylation is 1. The minimum atomic E-state index is -0.190. The fourth-order valence-electron chi connectivity index (χ4n) is 3.04. The summed E-state index contributed by atoms with van der Waals surface area (Å²) < 4.78 is 2.77. The second-order valence-corrected chi connectivity index (χ2v) is 8.42. The van der Waals surface area contributed by atoms with Gasteiger partial charge in [-0.15, -0.1) is 11.3 Å². The molecule has 7 heteroatoms. The van der Waals surface area contributed by atoms with Gasteiger partial charge in [-0.3, -0.25) is 9.59 Å². The van der Waals surface area contributed by atoms with Crippen LogP contribution in [0.3, 0.4) is 0 Å². The van der Waals surface area contributed by atoms with Gasteiger partial charge in [-0.2, -0.15) is 0 Å². The molecule has 0 aliphatic heterocycles. The smallest absolute Gasteiger partial charge is 0.246 e. The summed E-state index contributed by atoms with van der Waals surface area (Å²) in [6.07, 6.45) is 1.64. The molecule has 1 N–H and O–H groups in total. The topological polar surface area (TPSA) is 64.0 Å². The summed E-state index contributed by atoms with van der Waals surface area (Å²) in [5, 5.41) is 4.03. The minimum absolute atomic E-state index is 0.0538. The third-order valence-corrected chi connectivity index (χ3v) is 5.77. The average Bonchev–Trinajstić information content (AvgIpc) is 3.05. The third-order valence-electron chi connectivity index (χ3n) is 4.36. The van der Waals surface area contributed by atoms with Crippen LogP contribution in [0.4, 0.5) is 5.13 Å². The molecule has 0 saturated carbocycles. The molecule has 0 bridgehead atoms. The molecule has 2 aromatic carbocycles. The number of halogens is 1. The Bertz CT molecular complexity index is 1230. The zero-order chi connectivity index (χ0) is 19.7. The summed E-state index contributed by atoms with van der Waals surface area (Å²) in [7, 11) is 0. The molecule has 1 amide bonds. The molecule has 0 atom stereocenters. The quantitative estimate of drug-likeness (QED) is 0.480. The van der Waals surface area contributed by atoms with Crippen LogP contribution < -0.4 is 10.7 Å². The van der Waals surface area contributed by atoms with Crippen LogP contribution in [0.15, 0.2) is 70.1 Å². The first-order chi connectivity index (χ1) is 13.5. The van der Waals surface area contributed by atoms with Crippen molar-refractivity contribution in [3.63, 3.8) is 0 Å². The molecule has 4 rings (SSSR count). The van der Waals surface area contributed by atoms with E-state index in [1.54, 1.807) is 16.8 Å². The molecule has 2 aromatic heterocycles. The second kappa shape index (κ2) is 7.69. The lowest BCUT2D eigenvalue weighted by Gasteiger charge is -2.09. The molecule has 0 aliphatic carbocycles. The molecular weight excluding hydrogens is 438 g/mol. The molecule has 0 saturated heterocycles. The highest BCUT2D eigenvalue weighted by Gasteiger charge is 2.13. The third kappa shape index (κ3) is 3.76. The molecule has 0 fully saturated rings. The standard InChI is InChI=1S/C21H16BrN3O2S/c1-13-20(14-6-8-15(22)9-7-14)24-21(28-13)23-19(27)12-25-11-10-18(26)16-4-2-3-5-17(16)25/h2-11H,12H2,1H3,(H,23,24,27). The summed E-state index contributed by atoms with van der Waals surface area (Å²) in [6.45, 7) is 2.09. The number of fused-ring (bicyclic) bond motifs is 1. The van der Waals surface area contributed by atoms with E-state index in [4.69, 9.17) is 0 Å². The maximum absolute atomic E-state index is 12.6. The van der Waals surface area contributed by atoms with E-state index in [2.05, 4.69) is 26.2 Å². The van der Waals surface area contributed by atoms with Crippen molar-refractivity contribution < 1.29 is 4.79 Å². The number of pyridine rings is 1. The molecule has 0 aliphatic rings. The van der Waals surface area contributed by atoms with Crippen molar-refractivity contribution in [3.8, 4) is 11.3 Å². The molecule has 28 heavy (non-hydrogen) atoms. The van der Waals surface area contributed by atoms with Crippen LogP contribution in [0.5, 0.6) is 0 Å². The van der Waals surface area contributed by atoms with Gasteiger partial charge in [-0.05, 0) is 31.2 Å². The van der Waals surface area contributed by atoms with E-state index in [1.165, 1.54) is 17.4 Å². The highest BCUT2D eigenvalue weighted by molar-refractivity contribution is 9.10. The molecule has 0 spiro atoms. The van der Waals surface area contributed by atoms with E-state index in [0.717, 1.165) is 26.1 Å². The van der Waals surface area contributed by atoms with Gasteiger partial charge in [-0.1, -0.05) is 40.2 Å². The van der Waals surface area contributed by atoms with Gasteiger partial charge >= 0.3 is 0 Å². The Morgan fingerprint density at radius 3 is 2.68 bits per heavy atom. The Morgan fingerprint density at radius 1 is 1.14 bits per heavy atom. The molecule has 140 valence electrons. The predicted molar refractivity (Wildman–Crippen MR) is 117 cm³/mol. The highest BCUT2D eigenvalue weighted by Crippen LogP contribution is 2.31. The van der Waals surface area contributed by atoms with E-state index in [0.29, 0.717) is 10.5 Å². The summed E-state index contributed by atoms with van der Waals surface area (Å²) in [5.74, 6) is -0.190. The van der Waals surface area contributed by atoms with Crippen LogP contribution in [-0.4, -0.2) is 15.5 Å². The lowest BCUT2D eigenvalue weighted by atomic mass is 10.1. The number of nitrogens with zero attached hydrogens (tertiary/aromatic N) is 2. The predicted octanol–water partition coefficient (Wildman–Crippen LogP) is 4.83. The zero-order valence-corrected chi connectivity index (χ0v) is 17.4. The fourth-order valence-corrected chi connectivity index (χ4v) is 4.15. The van der Waals surface area contributed by atoms with E-state index >= 15 is 0 Å². The Labute approximate surface area is 173 Å². The number of carbonyl (C=O) groups is 1. The number of amides is 1. The summed E-state index contributed by atoms with van der Waals surface area (Å²) >= 11 is 4.88. The lowest BCUT2D eigenvalue weighted by Crippen LogP contribution is -2.20. The van der Waals surface area contributed by atoms with Gasteiger partial charge in [-0.25, -0.2) is 4.98 Å². The van der Waals surface area contributed by atoms with Crippen molar-refractivity contribution in [1.29, 1.82) is 0 Å². The van der Waals surface area contributed by atoms with Gasteiger partial charge < -0.3 is 9.88 Å². The van der Waals surface area contributed by atoms with Gasteiger partial charge in [0, 0.05) is 32.6 Å². The monoisotopic (exact) mass is 453 g/mol. The zero-order valence-electron chi connectivity index (χ0n) is 15.0. The Morgan fingerprint density at radius 2 is 1.89 bits per heavy atom. The number of aromatic nitrogens is 2. The van der Waals surface area contributed by atoms with Crippen molar-refractivity contribution >= 4 is 49.2 Å². The van der Waals surface area contributed by atoms with Crippen molar-refractivity contribution in [2.45, 2.75) is 13.5 Å². The van der Waals surface area contributed by atoms with Gasteiger partial charge in [0.15, 0.2) is 10.6 Å². The summed E-state index contributed by atoms with van der Waals surface area (Å²) in [5.41, 5.74) is 2.54. The van der Waals surface area contributed by atoms with E-state index in [-0.39, 0.29) is 17.9 Å². The number of nitrogens with one attached hydrogen (secondary N) is 1. The van der Waals surface area contributed by atoms with Gasteiger partial charge in [0.2, 0.25) is 5.91 Å². The maximum Gasteiger partial charge on any atom is 0.246 e. The van der Waals surface area contributed by atoms with E-state index < -0.39 is 0 Å². The molecule has 0 radical (unpaired) electrons. The number of thiazole rings is 1. The SMILES string of the molecule is Cc1sc(NC(=O)Cn2ccc(=O)c3ccccc32)nc1-c1ccc(Br)cc1. The first-order valence-electron chi connectivity index (χ1n) is 8.63. The Balaban J connectivity index is 1.55. The van der Waals surface area contributed by atoms with Crippen LogP contribution in [0.1, 0.15) is 4.88 Å². The van der Waals surface area contributed by atoms with Crippen LogP contribution >= 0.6 is 27.3 Å². The summed E-state index contributed by atoms with van der Waals surface area (Å²) in [4.78, 5) is 30.2. The molecule has 2 heterocycles. The first kappa shape index (κ1) is 18.6. The van der Waals surface area contributed by atoms with Crippen LogP contribution in [0.25, 0.3) is 22.2 Å². The van der Waals surface area contributed by atoms with Crippen molar-refractivity contribution in [1.82, 2.24) is 9.55 Å². The number of rotatable bonds is 4. The number of anilines is 1. The summed E-state index contributed by atoms with van der Waals surface area (Å²) in [6, 6.07) is 16.7. The van der Waals surface area contributed by atoms with Crippen LogP contribution in [0, 0.1) is 6.92 Å². The lowest BCUT2D eigenvalue weighted by molar-refractivity contribution is -0.116. The fraction of sp³-hybridized carbons (Fsp3) is 0.0952. The van der Waals surface area contributed by atoms with Crippen LogP contribution in [-0.2, 0) is 11.3 Å². The Hall–Kier alpha value is -2.77. The average molecular weight is 454 g/mol. The number of hydrogen-bond donors (Lipinski definition) is 1. The number of carbonyl (C=O) groups excluding carboxylic acids is 1. The maximum atomic E-state index is 12.6. The Kier molecular flexibility index (Phi) is 5.11. The van der Waals surface area contributed by atoms with Gasteiger partial charge in [0.25, 0.3) is 0 Å². The molecule has 5 nitrogen and oxygen atoms in total. The van der Waals surface area contributed by atoms with Crippen molar-refractivity contribution in [3.05, 3.63) is 80.4 Å². The van der Waals surface area contributed by atoms with Gasteiger partial charge in [0.05, 0.1) is 11.2 Å². The normalized spacial score (nSPS) is 10.9. The van der Waals surface area contributed by atoms with Crippen molar-refractivity contribution in [2.24, 2.45) is 0 Å². The molecule has 4 aromatic rings. The van der Waals surface area contributed by atoms with E-state index in [1.807, 2.05) is 49.4 Å². The number of benzene rings is 2. The van der Waals surface area contributed by atoms with E-state index in [9.17, 15) is 9.59 Å². The number of hydrogen-bond acceptors (Lipinski definition) is 4. The number of para-hydroxylation sites is 1. The molecular formula is C21H16BrN3O2S. The minimum Gasteiger partial charge on any atom is -0.338 e. The second-order valence-electron chi connectivity index (χ2n) is 6.30. The first-order valence-corrected chi connectivity index (χ1v) is 10.2. The van der Waals surface area contributed by atoms with Crippen molar-refractivity contribution in [2.75, 3.05) is 5.32 Å². The van der Waals surface area contributed by atoms with Gasteiger partial charge in [0.1, 0.15) is 6.54 Å². The highest BCUT2D eigenvalue weighted by atomic mass is 79.9. The molecule has 0 unspecified atom stereocenters. The largest absolute Gasteiger partial charge is 0.338 e.